The SMILES string of the molecule is CC(C)Oc1ccc(C(=O)NNC(=O)OC(C)(C)C)cc1C#N. The first kappa shape index (κ1) is 18.3. The minimum atomic E-state index is -0.772. The van der Waals surface area contributed by atoms with Crippen LogP contribution >= 0.6 is 0 Å². The van der Waals surface area contributed by atoms with E-state index in [2.05, 4.69) is 10.9 Å². The van der Waals surface area contributed by atoms with E-state index in [0.29, 0.717) is 5.75 Å². The number of carbonyl (C=O) groups excluding carboxylic acids is 2. The third kappa shape index (κ3) is 6.26. The first-order valence-electron chi connectivity index (χ1n) is 7.12. The third-order valence-electron chi connectivity index (χ3n) is 2.40. The third-order valence-corrected chi connectivity index (χ3v) is 2.40. The number of benzene rings is 1. The van der Waals surface area contributed by atoms with Crippen LogP contribution in [0.25, 0.3) is 0 Å². The number of amides is 2. The van der Waals surface area contributed by atoms with Crippen molar-refractivity contribution >= 4 is 12.0 Å². The Morgan fingerprint density at radius 3 is 2.39 bits per heavy atom. The van der Waals surface area contributed by atoms with E-state index in [4.69, 9.17) is 14.7 Å². The molecule has 0 fully saturated rings. The monoisotopic (exact) mass is 319 g/mol. The first-order chi connectivity index (χ1) is 10.6. The van der Waals surface area contributed by atoms with Gasteiger partial charge in [0.1, 0.15) is 17.4 Å². The minimum Gasteiger partial charge on any atom is -0.490 e. The maximum absolute atomic E-state index is 12.0. The summed E-state index contributed by atoms with van der Waals surface area (Å²) in [5.41, 5.74) is 4.15. The van der Waals surface area contributed by atoms with Gasteiger partial charge in [0.05, 0.1) is 11.7 Å². The molecule has 7 heteroatoms. The molecule has 0 radical (unpaired) electrons. The lowest BCUT2D eigenvalue weighted by atomic mass is 10.1. The van der Waals surface area contributed by atoms with Gasteiger partial charge in [-0.15, -0.1) is 0 Å². The molecule has 7 nitrogen and oxygen atoms in total. The van der Waals surface area contributed by atoms with E-state index in [1.54, 1.807) is 26.8 Å². The van der Waals surface area contributed by atoms with Crippen LogP contribution in [0.1, 0.15) is 50.5 Å². The molecule has 1 aromatic rings. The molecule has 23 heavy (non-hydrogen) atoms. The number of carbonyl (C=O) groups is 2. The maximum Gasteiger partial charge on any atom is 0.426 e. The summed E-state index contributed by atoms with van der Waals surface area (Å²) in [6.07, 6.45) is -0.860. The fourth-order valence-corrected chi connectivity index (χ4v) is 1.60. The second-order valence-electron chi connectivity index (χ2n) is 6.07. The summed E-state index contributed by atoms with van der Waals surface area (Å²) in [5, 5.41) is 9.13. The van der Waals surface area contributed by atoms with Crippen LogP contribution in [0, 0.1) is 11.3 Å². The zero-order chi connectivity index (χ0) is 17.6. The van der Waals surface area contributed by atoms with Crippen molar-refractivity contribution in [2.45, 2.75) is 46.3 Å². The van der Waals surface area contributed by atoms with Crippen LogP contribution in [-0.4, -0.2) is 23.7 Å². The Morgan fingerprint density at radius 2 is 1.87 bits per heavy atom. The number of nitrogens with one attached hydrogen (secondary N) is 2. The van der Waals surface area contributed by atoms with Crippen LogP contribution in [0.4, 0.5) is 4.79 Å². The molecule has 0 saturated heterocycles. The van der Waals surface area contributed by atoms with Gasteiger partial charge in [-0.05, 0) is 52.8 Å². The number of rotatable bonds is 3. The Labute approximate surface area is 135 Å². The van der Waals surface area contributed by atoms with E-state index in [1.165, 1.54) is 12.1 Å². The van der Waals surface area contributed by atoms with E-state index in [9.17, 15) is 9.59 Å². The van der Waals surface area contributed by atoms with Gasteiger partial charge in [0.15, 0.2) is 0 Å². The Hall–Kier alpha value is -2.75. The zero-order valence-corrected chi connectivity index (χ0v) is 13.9. The number of hydrazine groups is 1. The highest BCUT2D eigenvalue weighted by Gasteiger charge is 2.17. The number of nitriles is 1. The normalized spacial score (nSPS) is 10.7. The molecular weight excluding hydrogens is 298 g/mol. The van der Waals surface area contributed by atoms with E-state index in [1.807, 2.05) is 19.9 Å². The summed E-state index contributed by atoms with van der Waals surface area (Å²) in [6, 6.07) is 6.42. The molecule has 2 amide bonds. The van der Waals surface area contributed by atoms with Gasteiger partial charge in [-0.1, -0.05) is 0 Å². The summed E-state index contributed by atoms with van der Waals surface area (Å²) in [5.74, 6) is -0.164. The number of hydrogen-bond donors (Lipinski definition) is 2. The quantitative estimate of drug-likeness (QED) is 0.834. The fraction of sp³-hybridized carbons (Fsp3) is 0.438. The van der Waals surface area contributed by atoms with Crippen LogP contribution in [0.5, 0.6) is 5.75 Å². The molecule has 1 aromatic carbocycles. The Bertz CT molecular complexity index is 627. The summed E-state index contributed by atoms with van der Waals surface area (Å²) in [7, 11) is 0. The molecule has 0 saturated carbocycles. The van der Waals surface area contributed by atoms with Crippen molar-refractivity contribution in [1.29, 1.82) is 5.26 Å². The van der Waals surface area contributed by atoms with Crippen molar-refractivity contribution in [2.24, 2.45) is 0 Å². The molecule has 124 valence electrons. The van der Waals surface area contributed by atoms with E-state index in [-0.39, 0.29) is 17.2 Å². The van der Waals surface area contributed by atoms with Crippen molar-refractivity contribution in [2.75, 3.05) is 0 Å². The predicted molar refractivity (Wildman–Crippen MR) is 83.8 cm³/mol. The molecule has 0 spiro atoms. The average molecular weight is 319 g/mol. The molecule has 0 unspecified atom stereocenters. The lowest BCUT2D eigenvalue weighted by molar-refractivity contribution is 0.0483. The van der Waals surface area contributed by atoms with Crippen LogP contribution in [0.2, 0.25) is 0 Å². The molecule has 2 N–H and O–H groups in total. The summed E-state index contributed by atoms with van der Waals surface area (Å²) in [6.45, 7) is 8.81. The highest BCUT2D eigenvalue weighted by molar-refractivity contribution is 5.95. The van der Waals surface area contributed by atoms with Gasteiger partial charge in [-0.2, -0.15) is 5.26 Å². The van der Waals surface area contributed by atoms with Gasteiger partial charge in [-0.25, -0.2) is 10.2 Å². The summed E-state index contributed by atoms with van der Waals surface area (Å²) < 4.78 is 10.5. The molecule has 0 aliphatic carbocycles. The first-order valence-corrected chi connectivity index (χ1v) is 7.12. The second kappa shape index (κ2) is 7.49. The minimum absolute atomic E-state index is 0.0874. The van der Waals surface area contributed by atoms with Crippen molar-refractivity contribution in [3.8, 4) is 11.8 Å². The average Bonchev–Trinajstić information content (AvgIpc) is 2.42. The van der Waals surface area contributed by atoms with Gasteiger partial charge in [0.2, 0.25) is 0 Å². The highest BCUT2D eigenvalue weighted by Crippen LogP contribution is 2.20. The molecular formula is C16H21N3O4. The lowest BCUT2D eigenvalue weighted by Crippen LogP contribution is -2.44. The topological polar surface area (TPSA) is 100 Å². The van der Waals surface area contributed by atoms with Crippen LogP contribution < -0.4 is 15.6 Å². The Kier molecular flexibility index (Phi) is 5.96. The second-order valence-corrected chi connectivity index (χ2v) is 6.07. The molecule has 0 aromatic heterocycles. The summed E-state index contributed by atoms with van der Waals surface area (Å²) in [4.78, 5) is 23.5. The number of ether oxygens (including phenoxy) is 2. The standard InChI is InChI=1S/C16H21N3O4/c1-10(2)22-13-7-6-11(8-12(13)9-17)14(20)18-19-15(21)23-16(3,4)5/h6-8,10H,1-5H3,(H,18,20)(H,19,21). The Balaban J connectivity index is 2.74. The van der Waals surface area contributed by atoms with Crippen molar-refractivity contribution in [1.82, 2.24) is 10.9 Å². The van der Waals surface area contributed by atoms with Gasteiger partial charge >= 0.3 is 6.09 Å². The van der Waals surface area contributed by atoms with Gasteiger partial charge in [0, 0.05) is 5.56 Å². The zero-order valence-electron chi connectivity index (χ0n) is 13.9. The van der Waals surface area contributed by atoms with E-state index in [0.717, 1.165) is 0 Å². The lowest BCUT2D eigenvalue weighted by Gasteiger charge is -2.19. The van der Waals surface area contributed by atoms with Crippen molar-refractivity contribution in [3.05, 3.63) is 29.3 Å². The predicted octanol–water partition coefficient (Wildman–Crippen LogP) is 2.51. The molecule has 0 heterocycles. The molecule has 0 aliphatic heterocycles. The maximum atomic E-state index is 12.0. The largest absolute Gasteiger partial charge is 0.490 e. The van der Waals surface area contributed by atoms with Crippen LogP contribution in [-0.2, 0) is 4.74 Å². The number of hydrogen-bond acceptors (Lipinski definition) is 5. The molecule has 0 atom stereocenters. The van der Waals surface area contributed by atoms with Gasteiger partial charge in [0.25, 0.3) is 5.91 Å². The highest BCUT2D eigenvalue weighted by atomic mass is 16.6. The molecule has 0 aliphatic rings. The Morgan fingerprint density at radius 1 is 1.22 bits per heavy atom. The van der Waals surface area contributed by atoms with E-state index < -0.39 is 17.6 Å². The van der Waals surface area contributed by atoms with Crippen molar-refractivity contribution in [3.63, 3.8) is 0 Å². The van der Waals surface area contributed by atoms with Gasteiger partial charge in [-0.3, -0.25) is 10.2 Å². The van der Waals surface area contributed by atoms with Crippen LogP contribution in [0.15, 0.2) is 18.2 Å². The van der Waals surface area contributed by atoms with Crippen LogP contribution in [0.3, 0.4) is 0 Å². The van der Waals surface area contributed by atoms with E-state index >= 15 is 0 Å². The smallest absolute Gasteiger partial charge is 0.426 e. The molecule has 0 bridgehead atoms. The van der Waals surface area contributed by atoms with Gasteiger partial charge < -0.3 is 9.47 Å². The fourth-order valence-electron chi connectivity index (χ4n) is 1.60. The summed E-state index contributed by atoms with van der Waals surface area (Å²) >= 11 is 0. The number of nitrogens with zero attached hydrogens (tertiary/aromatic N) is 1. The van der Waals surface area contributed by atoms with Crippen molar-refractivity contribution < 1.29 is 19.1 Å². The molecule has 1 rings (SSSR count).